The van der Waals surface area contributed by atoms with Gasteiger partial charge in [-0.1, -0.05) is 42.7 Å². The Morgan fingerprint density at radius 2 is 1.83 bits per heavy atom. The molecule has 30 heavy (non-hydrogen) atoms. The molecule has 0 bridgehead atoms. The van der Waals surface area contributed by atoms with Gasteiger partial charge in [0.05, 0.1) is 0 Å². The molecule has 1 aromatic carbocycles. The van der Waals surface area contributed by atoms with Gasteiger partial charge in [0.2, 0.25) is 5.91 Å². The number of benzene rings is 1. The molecule has 7 heteroatoms. The maximum Gasteiger partial charge on any atom is 0.274 e. The molecule has 2 aliphatic rings. The fourth-order valence-corrected chi connectivity index (χ4v) is 4.44. The standard InChI is InChI=1S/C23H31N5O2/c1-17-6-5-7-18(14-17)16-27-10-12-28(13-11-27)23(30)20-15-21(26(2)25-20)24-22(29)19-8-3-4-9-19/h5-7,14-15,19H,3-4,8-13,16H2,1-2H3,(H,24,29). The van der Waals surface area contributed by atoms with Gasteiger partial charge in [-0.3, -0.25) is 19.2 Å². The van der Waals surface area contributed by atoms with Crippen molar-refractivity contribution in [3.05, 3.63) is 47.2 Å². The summed E-state index contributed by atoms with van der Waals surface area (Å²) >= 11 is 0. The molecule has 160 valence electrons. The zero-order chi connectivity index (χ0) is 21.1. The van der Waals surface area contributed by atoms with Crippen molar-refractivity contribution in [1.82, 2.24) is 19.6 Å². The number of hydrogen-bond donors (Lipinski definition) is 1. The van der Waals surface area contributed by atoms with Crippen LogP contribution in [-0.4, -0.2) is 57.6 Å². The maximum atomic E-state index is 12.9. The molecule has 7 nitrogen and oxygen atoms in total. The molecule has 1 aromatic heterocycles. The summed E-state index contributed by atoms with van der Waals surface area (Å²) in [5.41, 5.74) is 2.97. The Hall–Kier alpha value is -2.67. The lowest BCUT2D eigenvalue weighted by atomic mass is 10.1. The third-order valence-electron chi connectivity index (χ3n) is 6.22. The van der Waals surface area contributed by atoms with Gasteiger partial charge in [0.15, 0.2) is 5.69 Å². The van der Waals surface area contributed by atoms with Gasteiger partial charge in [-0.05, 0) is 25.3 Å². The average molecular weight is 410 g/mol. The average Bonchev–Trinajstić information content (AvgIpc) is 3.39. The van der Waals surface area contributed by atoms with E-state index in [0.717, 1.165) is 45.3 Å². The molecule has 2 aromatic rings. The van der Waals surface area contributed by atoms with Crippen molar-refractivity contribution < 1.29 is 9.59 Å². The van der Waals surface area contributed by atoms with Crippen molar-refractivity contribution >= 4 is 17.6 Å². The van der Waals surface area contributed by atoms with Crippen LogP contribution >= 0.6 is 0 Å². The van der Waals surface area contributed by atoms with Gasteiger partial charge < -0.3 is 10.2 Å². The number of amides is 2. The van der Waals surface area contributed by atoms with Crippen LogP contribution in [0.4, 0.5) is 5.82 Å². The van der Waals surface area contributed by atoms with Crippen LogP contribution in [0.5, 0.6) is 0 Å². The second kappa shape index (κ2) is 9.00. The molecule has 1 N–H and O–H groups in total. The van der Waals surface area contributed by atoms with Gasteiger partial charge in [-0.15, -0.1) is 0 Å². The monoisotopic (exact) mass is 409 g/mol. The summed E-state index contributed by atoms with van der Waals surface area (Å²) in [5, 5.41) is 7.31. The van der Waals surface area contributed by atoms with Gasteiger partial charge in [0.1, 0.15) is 5.82 Å². The molecular weight excluding hydrogens is 378 g/mol. The maximum absolute atomic E-state index is 12.9. The van der Waals surface area contributed by atoms with Crippen molar-refractivity contribution in [2.24, 2.45) is 13.0 Å². The normalized spacial score (nSPS) is 18.0. The molecule has 0 spiro atoms. The van der Waals surface area contributed by atoms with E-state index in [1.165, 1.54) is 11.1 Å². The molecule has 0 unspecified atom stereocenters. The van der Waals surface area contributed by atoms with Crippen LogP contribution in [0.25, 0.3) is 0 Å². The van der Waals surface area contributed by atoms with Crippen molar-refractivity contribution in [2.75, 3.05) is 31.5 Å². The molecule has 1 aliphatic carbocycles. The SMILES string of the molecule is Cc1cccc(CN2CCN(C(=O)c3cc(NC(=O)C4CCCC4)n(C)n3)CC2)c1. The topological polar surface area (TPSA) is 70.5 Å². The van der Waals surface area contributed by atoms with Gasteiger partial charge >= 0.3 is 0 Å². The first-order valence-electron chi connectivity index (χ1n) is 10.9. The van der Waals surface area contributed by atoms with E-state index >= 15 is 0 Å². The predicted octanol–water partition coefficient (Wildman–Crippen LogP) is 2.82. The smallest absolute Gasteiger partial charge is 0.274 e. The van der Waals surface area contributed by atoms with Crippen molar-refractivity contribution in [3.8, 4) is 0 Å². The summed E-state index contributed by atoms with van der Waals surface area (Å²) in [6.07, 6.45) is 4.12. The number of anilines is 1. The number of nitrogens with zero attached hydrogens (tertiary/aromatic N) is 4. The third kappa shape index (κ3) is 4.73. The Morgan fingerprint density at radius 3 is 2.53 bits per heavy atom. The Morgan fingerprint density at radius 1 is 1.10 bits per heavy atom. The van der Waals surface area contributed by atoms with Gasteiger partial charge in [0.25, 0.3) is 5.91 Å². The van der Waals surface area contributed by atoms with Gasteiger partial charge in [-0.25, -0.2) is 0 Å². The molecule has 1 saturated carbocycles. The zero-order valence-electron chi connectivity index (χ0n) is 17.9. The highest BCUT2D eigenvalue weighted by atomic mass is 16.2. The first-order chi connectivity index (χ1) is 14.5. The van der Waals surface area contributed by atoms with Crippen molar-refractivity contribution in [3.63, 3.8) is 0 Å². The Balaban J connectivity index is 1.32. The lowest BCUT2D eigenvalue weighted by Gasteiger charge is -2.34. The van der Waals surface area contributed by atoms with E-state index < -0.39 is 0 Å². The van der Waals surface area contributed by atoms with E-state index in [0.29, 0.717) is 24.6 Å². The number of carbonyl (C=O) groups is 2. The Bertz CT molecular complexity index is 908. The van der Waals surface area contributed by atoms with Crippen molar-refractivity contribution in [2.45, 2.75) is 39.2 Å². The number of hydrogen-bond acceptors (Lipinski definition) is 4. The third-order valence-corrected chi connectivity index (χ3v) is 6.22. The summed E-state index contributed by atoms with van der Waals surface area (Å²) in [7, 11) is 1.76. The van der Waals surface area contributed by atoms with E-state index in [4.69, 9.17) is 0 Å². The molecule has 2 fully saturated rings. The number of carbonyl (C=O) groups excluding carboxylic acids is 2. The lowest BCUT2D eigenvalue weighted by molar-refractivity contribution is -0.119. The van der Waals surface area contributed by atoms with Crippen LogP contribution in [0, 0.1) is 12.8 Å². The van der Waals surface area contributed by atoms with Gasteiger partial charge in [-0.2, -0.15) is 5.10 Å². The largest absolute Gasteiger partial charge is 0.335 e. The minimum atomic E-state index is -0.0674. The summed E-state index contributed by atoms with van der Waals surface area (Å²) < 4.78 is 1.59. The summed E-state index contributed by atoms with van der Waals surface area (Å²) in [6.45, 7) is 6.08. The highest BCUT2D eigenvalue weighted by molar-refractivity contribution is 5.96. The Labute approximate surface area is 178 Å². The molecule has 2 heterocycles. The van der Waals surface area contributed by atoms with Crippen LogP contribution in [-0.2, 0) is 18.4 Å². The second-order valence-electron chi connectivity index (χ2n) is 8.57. The molecule has 1 aliphatic heterocycles. The minimum Gasteiger partial charge on any atom is -0.335 e. The van der Waals surface area contributed by atoms with Gasteiger partial charge in [0, 0.05) is 51.8 Å². The second-order valence-corrected chi connectivity index (χ2v) is 8.57. The quantitative estimate of drug-likeness (QED) is 0.824. The summed E-state index contributed by atoms with van der Waals surface area (Å²) in [6, 6.07) is 10.3. The van der Waals surface area contributed by atoms with E-state index in [2.05, 4.69) is 46.5 Å². The summed E-state index contributed by atoms with van der Waals surface area (Å²) in [4.78, 5) is 29.6. The zero-order valence-corrected chi connectivity index (χ0v) is 17.9. The van der Waals surface area contributed by atoms with Crippen LogP contribution in [0.1, 0.15) is 47.3 Å². The van der Waals surface area contributed by atoms with Crippen LogP contribution in [0.15, 0.2) is 30.3 Å². The fourth-order valence-electron chi connectivity index (χ4n) is 4.44. The van der Waals surface area contributed by atoms with E-state index in [-0.39, 0.29) is 17.7 Å². The number of nitrogens with one attached hydrogen (secondary N) is 1. The minimum absolute atomic E-state index is 0.0410. The fraction of sp³-hybridized carbons (Fsp3) is 0.522. The number of aromatic nitrogens is 2. The lowest BCUT2D eigenvalue weighted by Crippen LogP contribution is -2.48. The summed E-state index contributed by atoms with van der Waals surface area (Å²) in [5.74, 6) is 0.648. The van der Waals surface area contributed by atoms with Crippen molar-refractivity contribution in [1.29, 1.82) is 0 Å². The first-order valence-corrected chi connectivity index (χ1v) is 10.9. The molecule has 0 radical (unpaired) electrons. The number of aryl methyl sites for hydroxylation is 2. The highest BCUT2D eigenvalue weighted by Crippen LogP contribution is 2.26. The number of piperazine rings is 1. The van der Waals surface area contributed by atoms with E-state index in [9.17, 15) is 9.59 Å². The van der Waals surface area contributed by atoms with E-state index in [1.54, 1.807) is 17.8 Å². The van der Waals surface area contributed by atoms with Crippen LogP contribution in [0.3, 0.4) is 0 Å². The first kappa shape index (κ1) is 20.6. The highest BCUT2D eigenvalue weighted by Gasteiger charge is 2.26. The molecule has 4 rings (SSSR count). The molecule has 0 atom stereocenters. The molecule has 1 saturated heterocycles. The number of rotatable bonds is 5. The Kier molecular flexibility index (Phi) is 6.18. The molecular formula is C23H31N5O2. The van der Waals surface area contributed by atoms with Crippen LogP contribution < -0.4 is 5.32 Å². The molecule has 2 amide bonds. The van der Waals surface area contributed by atoms with Crippen LogP contribution in [0.2, 0.25) is 0 Å². The predicted molar refractivity (Wildman–Crippen MR) is 116 cm³/mol. The van der Waals surface area contributed by atoms with E-state index in [1.807, 2.05) is 4.90 Å².